The molecule has 18 heavy (non-hydrogen) atoms. The van der Waals surface area contributed by atoms with E-state index in [4.69, 9.17) is 5.11 Å². The van der Waals surface area contributed by atoms with Crippen LogP contribution in [0.15, 0.2) is 0 Å². The summed E-state index contributed by atoms with van der Waals surface area (Å²) in [6, 6.07) is 0. The molecule has 0 radical (unpaired) electrons. The third kappa shape index (κ3) is 6.89. The highest BCUT2D eigenvalue weighted by Crippen LogP contribution is 2.19. The molecular weight excluding hydrogens is 250 g/mol. The Kier molecular flexibility index (Phi) is 8.07. The van der Waals surface area contributed by atoms with Gasteiger partial charge in [-0.1, -0.05) is 13.3 Å². The van der Waals surface area contributed by atoms with E-state index in [0.717, 1.165) is 18.6 Å². The monoisotopic (exact) mass is 275 g/mol. The van der Waals surface area contributed by atoms with Gasteiger partial charge in [0.2, 0.25) is 5.91 Å². The Bertz CT molecular complexity index is 279. The number of rotatable bonds is 9. The van der Waals surface area contributed by atoms with Crippen molar-refractivity contribution in [3.8, 4) is 0 Å². The van der Waals surface area contributed by atoms with E-state index < -0.39 is 11.4 Å². The Labute approximate surface area is 114 Å². The van der Waals surface area contributed by atoms with Gasteiger partial charge in [-0.15, -0.1) is 11.8 Å². The highest BCUT2D eigenvalue weighted by Gasteiger charge is 2.26. The fourth-order valence-corrected chi connectivity index (χ4v) is 2.27. The molecule has 0 bridgehead atoms. The van der Waals surface area contributed by atoms with E-state index in [0.29, 0.717) is 13.0 Å². The normalized spacial score (nSPS) is 13.1. The minimum absolute atomic E-state index is 0.00251. The summed E-state index contributed by atoms with van der Waals surface area (Å²) in [6.07, 6.45) is 2.70. The lowest BCUT2D eigenvalue weighted by Crippen LogP contribution is -2.35. The van der Waals surface area contributed by atoms with Gasteiger partial charge in [0, 0.05) is 6.54 Å². The predicted molar refractivity (Wildman–Crippen MR) is 75.9 cm³/mol. The van der Waals surface area contributed by atoms with E-state index in [1.54, 1.807) is 25.6 Å². The number of carbonyl (C=O) groups is 2. The molecule has 0 aliphatic heterocycles. The maximum Gasteiger partial charge on any atom is 0.309 e. The van der Waals surface area contributed by atoms with Crippen molar-refractivity contribution >= 4 is 23.6 Å². The first kappa shape index (κ1) is 17.3. The molecule has 0 aromatic heterocycles. The first-order valence-corrected chi connectivity index (χ1v) is 7.49. The Morgan fingerprint density at radius 3 is 2.50 bits per heavy atom. The van der Waals surface area contributed by atoms with Gasteiger partial charge in [-0.3, -0.25) is 9.59 Å². The molecule has 0 aromatic rings. The fraction of sp³-hybridized carbons (Fsp3) is 0.846. The van der Waals surface area contributed by atoms with Gasteiger partial charge < -0.3 is 10.4 Å². The van der Waals surface area contributed by atoms with Crippen molar-refractivity contribution in [2.75, 3.05) is 12.3 Å². The predicted octanol–water partition coefficient (Wildman–Crippen LogP) is 2.53. The second-order valence-corrected chi connectivity index (χ2v) is 6.55. The minimum atomic E-state index is -0.831. The number of hydrogen-bond donors (Lipinski definition) is 2. The topological polar surface area (TPSA) is 66.4 Å². The third-order valence-corrected chi connectivity index (χ3v) is 4.10. The first-order valence-electron chi connectivity index (χ1n) is 6.44. The maximum atomic E-state index is 11.7. The second-order valence-electron chi connectivity index (χ2n) is 5.10. The molecule has 1 amide bonds. The molecule has 1 unspecified atom stereocenters. The van der Waals surface area contributed by atoms with Crippen LogP contribution in [-0.2, 0) is 9.59 Å². The van der Waals surface area contributed by atoms with Crippen LogP contribution in [0.25, 0.3) is 0 Å². The van der Waals surface area contributed by atoms with Crippen LogP contribution >= 0.6 is 11.8 Å². The van der Waals surface area contributed by atoms with Crippen molar-refractivity contribution in [3.63, 3.8) is 0 Å². The number of carboxylic acids is 1. The van der Waals surface area contributed by atoms with Crippen LogP contribution in [-0.4, -0.2) is 34.5 Å². The van der Waals surface area contributed by atoms with Crippen LogP contribution < -0.4 is 5.32 Å². The van der Waals surface area contributed by atoms with Gasteiger partial charge >= 0.3 is 5.97 Å². The molecule has 2 N–H and O–H groups in total. The number of carbonyl (C=O) groups excluding carboxylic acids is 1. The van der Waals surface area contributed by atoms with Crippen LogP contribution in [0.5, 0.6) is 0 Å². The van der Waals surface area contributed by atoms with Crippen LogP contribution in [0.4, 0.5) is 0 Å². The number of thioether (sulfide) groups is 1. The van der Waals surface area contributed by atoms with E-state index in [1.165, 1.54) is 0 Å². The molecule has 0 aliphatic carbocycles. The van der Waals surface area contributed by atoms with Crippen molar-refractivity contribution in [2.45, 2.75) is 52.2 Å². The summed E-state index contributed by atoms with van der Waals surface area (Å²) in [5.41, 5.74) is -0.786. The quantitative estimate of drug-likeness (QED) is 0.635. The molecule has 0 aromatic carbocycles. The molecule has 0 spiro atoms. The number of unbranched alkanes of at least 4 members (excludes halogenated alkanes) is 1. The standard InChI is InChI=1S/C13H25NO3S/c1-5-6-9-18-10(2)11(15)14-8-7-13(3,4)12(16)17/h10H,5-9H2,1-4H3,(H,14,15)(H,16,17). The molecule has 4 nitrogen and oxygen atoms in total. The summed E-state index contributed by atoms with van der Waals surface area (Å²) >= 11 is 1.64. The average Bonchev–Trinajstić information content (AvgIpc) is 2.28. The lowest BCUT2D eigenvalue weighted by atomic mass is 9.90. The van der Waals surface area contributed by atoms with Crippen molar-refractivity contribution in [1.29, 1.82) is 0 Å². The first-order chi connectivity index (χ1) is 8.31. The number of nitrogens with one attached hydrogen (secondary N) is 1. The largest absolute Gasteiger partial charge is 0.481 e. The van der Waals surface area contributed by atoms with Gasteiger partial charge in [0.1, 0.15) is 0 Å². The van der Waals surface area contributed by atoms with Gasteiger partial charge in [-0.2, -0.15) is 0 Å². The van der Waals surface area contributed by atoms with Crippen molar-refractivity contribution in [3.05, 3.63) is 0 Å². The Morgan fingerprint density at radius 2 is 2.00 bits per heavy atom. The van der Waals surface area contributed by atoms with Crippen LogP contribution in [0, 0.1) is 5.41 Å². The zero-order valence-electron chi connectivity index (χ0n) is 11.8. The Balaban J connectivity index is 3.86. The number of hydrogen-bond acceptors (Lipinski definition) is 3. The SMILES string of the molecule is CCCCSC(C)C(=O)NCCC(C)(C)C(=O)O. The van der Waals surface area contributed by atoms with Gasteiger partial charge in [0.25, 0.3) is 0 Å². The van der Waals surface area contributed by atoms with Gasteiger partial charge in [0.15, 0.2) is 0 Å². The number of amides is 1. The molecule has 106 valence electrons. The Hall–Kier alpha value is -0.710. The third-order valence-electron chi connectivity index (χ3n) is 2.86. The molecule has 0 rings (SSSR count). The summed E-state index contributed by atoms with van der Waals surface area (Å²) in [4.78, 5) is 22.6. The Morgan fingerprint density at radius 1 is 1.39 bits per heavy atom. The molecule has 1 atom stereocenters. The van der Waals surface area contributed by atoms with E-state index in [9.17, 15) is 9.59 Å². The van der Waals surface area contributed by atoms with Crippen molar-refractivity contribution in [2.24, 2.45) is 5.41 Å². The summed E-state index contributed by atoms with van der Waals surface area (Å²) < 4.78 is 0. The maximum absolute atomic E-state index is 11.7. The minimum Gasteiger partial charge on any atom is -0.481 e. The lowest BCUT2D eigenvalue weighted by Gasteiger charge is -2.19. The molecular formula is C13H25NO3S. The van der Waals surface area contributed by atoms with E-state index in [1.807, 2.05) is 6.92 Å². The smallest absolute Gasteiger partial charge is 0.309 e. The second kappa shape index (κ2) is 8.40. The molecule has 5 heteroatoms. The van der Waals surface area contributed by atoms with Crippen molar-refractivity contribution < 1.29 is 14.7 Å². The van der Waals surface area contributed by atoms with Gasteiger partial charge in [-0.25, -0.2) is 0 Å². The summed E-state index contributed by atoms with van der Waals surface area (Å²) in [6.45, 7) is 7.76. The molecule has 0 aliphatic rings. The highest BCUT2D eigenvalue weighted by atomic mass is 32.2. The van der Waals surface area contributed by atoms with E-state index in [2.05, 4.69) is 12.2 Å². The molecule has 0 saturated carbocycles. The molecule has 0 heterocycles. The lowest BCUT2D eigenvalue weighted by molar-refractivity contribution is -0.147. The highest BCUT2D eigenvalue weighted by molar-refractivity contribution is 8.00. The molecule has 0 fully saturated rings. The van der Waals surface area contributed by atoms with Crippen LogP contribution in [0.3, 0.4) is 0 Å². The summed E-state index contributed by atoms with van der Waals surface area (Å²) in [5.74, 6) is 0.158. The number of carboxylic acid groups (broad SMARTS) is 1. The van der Waals surface area contributed by atoms with E-state index in [-0.39, 0.29) is 11.2 Å². The van der Waals surface area contributed by atoms with E-state index >= 15 is 0 Å². The summed E-state index contributed by atoms with van der Waals surface area (Å²) in [5, 5.41) is 11.7. The van der Waals surface area contributed by atoms with Crippen molar-refractivity contribution in [1.82, 2.24) is 5.32 Å². The van der Waals surface area contributed by atoms with Crippen LogP contribution in [0.2, 0.25) is 0 Å². The van der Waals surface area contributed by atoms with Gasteiger partial charge in [-0.05, 0) is 39.4 Å². The van der Waals surface area contributed by atoms with Crippen LogP contribution in [0.1, 0.15) is 47.0 Å². The molecule has 0 saturated heterocycles. The zero-order chi connectivity index (χ0) is 14.2. The zero-order valence-corrected chi connectivity index (χ0v) is 12.6. The average molecular weight is 275 g/mol. The van der Waals surface area contributed by atoms with Gasteiger partial charge in [0.05, 0.1) is 10.7 Å². The summed E-state index contributed by atoms with van der Waals surface area (Å²) in [7, 11) is 0. The fourth-order valence-electron chi connectivity index (χ4n) is 1.23. The number of aliphatic carboxylic acids is 1.